The highest BCUT2D eigenvalue weighted by Crippen LogP contribution is 2.21. The van der Waals surface area contributed by atoms with Gasteiger partial charge in [0.1, 0.15) is 18.4 Å². The van der Waals surface area contributed by atoms with E-state index < -0.39 is 26.9 Å². The molecule has 12 heteroatoms. The molecule has 2 aromatic rings. The largest absolute Gasteiger partial charge is 0.379 e. The molecule has 1 aromatic heterocycles. The first-order valence-electron chi connectivity index (χ1n) is 9.00. The van der Waals surface area contributed by atoms with Crippen LogP contribution in [-0.2, 0) is 19.6 Å². The molecule has 2 heterocycles. The lowest BCUT2D eigenvalue weighted by Crippen LogP contribution is -2.40. The van der Waals surface area contributed by atoms with Crippen LogP contribution in [0.5, 0.6) is 0 Å². The smallest absolute Gasteiger partial charge is 0.307 e. The topological polar surface area (TPSA) is 137 Å². The van der Waals surface area contributed by atoms with Gasteiger partial charge < -0.3 is 10.1 Å². The van der Waals surface area contributed by atoms with E-state index in [0.29, 0.717) is 38.4 Å². The molecule has 1 amide bonds. The molecule has 1 unspecified atom stereocenters. The predicted octanol–water partition coefficient (Wildman–Crippen LogP) is 1.40. The maximum absolute atomic E-state index is 12.6. The summed E-state index contributed by atoms with van der Waals surface area (Å²) in [7, 11) is -3.61. The number of sulfonamides is 1. The zero-order chi connectivity index (χ0) is 21.0. The van der Waals surface area contributed by atoms with Crippen LogP contribution in [0.15, 0.2) is 41.6 Å². The van der Waals surface area contributed by atoms with Gasteiger partial charge in [0.05, 0.1) is 23.0 Å². The second-order valence-electron chi connectivity index (χ2n) is 6.39. The molecule has 1 atom stereocenters. The van der Waals surface area contributed by atoms with Gasteiger partial charge in [-0.25, -0.2) is 8.42 Å². The fourth-order valence-corrected chi connectivity index (χ4v) is 4.37. The van der Waals surface area contributed by atoms with Crippen molar-refractivity contribution in [2.24, 2.45) is 0 Å². The maximum atomic E-state index is 12.6. The first-order chi connectivity index (χ1) is 13.8. The summed E-state index contributed by atoms with van der Waals surface area (Å²) in [6.07, 6.45) is 2.65. The first-order valence-corrected chi connectivity index (χ1v) is 10.4. The Balaban J connectivity index is 1.71. The van der Waals surface area contributed by atoms with Gasteiger partial charge in [0, 0.05) is 18.8 Å². The average Bonchev–Trinajstić information content (AvgIpc) is 3.20. The Labute approximate surface area is 167 Å². The molecule has 0 radical (unpaired) electrons. The number of amides is 1. The summed E-state index contributed by atoms with van der Waals surface area (Å²) >= 11 is 0. The Morgan fingerprint density at radius 2 is 1.97 bits per heavy atom. The van der Waals surface area contributed by atoms with Crippen LogP contribution in [0.2, 0.25) is 0 Å². The summed E-state index contributed by atoms with van der Waals surface area (Å²) in [6.45, 7) is 3.08. The Morgan fingerprint density at radius 3 is 2.52 bits per heavy atom. The van der Waals surface area contributed by atoms with E-state index in [0.717, 1.165) is 6.20 Å². The fraction of sp³-hybridized carbons (Fsp3) is 0.412. The fourth-order valence-electron chi connectivity index (χ4n) is 2.96. The lowest BCUT2D eigenvalue weighted by atomic mass is 10.2. The SMILES string of the molecule is CCC(C(=O)Nc1ccc(S(=O)(=O)N2CCOCC2)cc1)n1cc([N+](=O)[O-])cn1. The molecule has 1 aromatic carbocycles. The summed E-state index contributed by atoms with van der Waals surface area (Å²) in [4.78, 5) is 22.9. The third kappa shape index (κ3) is 4.60. The number of nitro groups is 1. The molecule has 156 valence electrons. The van der Waals surface area contributed by atoms with E-state index >= 15 is 0 Å². The van der Waals surface area contributed by atoms with E-state index in [1.54, 1.807) is 6.92 Å². The molecule has 1 saturated heterocycles. The number of aromatic nitrogens is 2. The summed E-state index contributed by atoms with van der Waals surface area (Å²) in [5.74, 6) is -0.408. The van der Waals surface area contributed by atoms with Crippen LogP contribution in [0.25, 0.3) is 0 Å². The van der Waals surface area contributed by atoms with Gasteiger partial charge in [0.25, 0.3) is 0 Å². The third-order valence-electron chi connectivity index (χ3n) is 4.54. The van der Waals surface area contributed by atoms with Crippen molar-refractivity contribution in [3.05, 3.63) is 46.8 Å². The molecule has 1 aliphatic rings. The molecule has 29 heavy (non-hydrogen) atoms. The Morgan fingerprint density at radius 1 is 1.31 bits per heavy atom. The van der Waals surface area contributed by atoms with Crippen molar-refractivity contribution >= 4 is 27.3 Å². The molecular formula is C17H21N5O6S. The highest BCUT2D eigenvalue weighted by Gasteiger charge is 2.26. The Bertz CT molecular complexity index is 982. The number of anilines is 1. The molecular weight excluding hydrogens is 402 g/mol. The van der Waals surface area contributed by atoms with Gasteiger partial charge in [0.15, 0.2) is 0 Å². The lowest BCUT2D eigenvalue weighted by Gasteiger charge is -2.26. The molecule has 0 bridgehead atoms. The van der Waals surface area contributed by atoms with E-state index in [4.69, 9.17) is 4.74 Å². The molecule has 0 aliphatic carbocycles. The van der Waals surface area contributed by atoms with Crippen LogP contribution < -0.4 is 5.32 Å². The van der Waals surface area contributed by atoms with Gasteiger partial charge in [-0.15, -0.1) is 0 Å². The molecule has 11 nitrogen and oxygen atoms in total. The van der Waals surface area contributed by atoms with Gasteiger partial charge in [-0.2, -0.15) is 9.40 Å². The van der Waals surface area contributed by atoms with Crippen LogP contribution in [-0.4, -0.2) is 59.6 Å². The summed E-state index contributed by atoms with van der Waals surface area (Å²) in [6, 6.07) is 5.13. The molecule has 0 spiro atoms. The van der Waals surface area contributed by atoms with Crippen molar-refractivity contribution in [2.45, 2.75) is 24.3 Å². The third-order valence-corrected chi connectivity index (χ3v) is 6.45. The van der Waals surface area contributed by atoms with Gasteiger partial charge in [0.2, 0.25) is 15.9 Å². The van der Waals surface area contributed by atoms with Gasteiger partial charge in [-0.05, 0) is 30.7 Å². The summed E-state index contributed by atoms with van der Waals surface area (Å²) in [5.41, 5.74) is 0.213. The molecule has 1 fully saturated rings. The number of morpholine rings is 1. The van der Waals surface area contributed by atoms with Crippen molar-refractivity contribution in [3.8, 4) is 0 Å². The Kier molecular flexibility index (Phi) is 6.25. The lowest BCUT2D eigenvalue weighted by molar-refractivity contribution is -0.385. The van der Waals surface area contributed by atoms with Gasteiger partial charge in [-0.1, -0.05) is 6.92 Å². The van der Waals surface area contributed by atoms with E-state index in [2.05, 4.69) is 10.4 Å². The molecule has 0 saturated carbocycles. The minimum absolute atomic E-state index is 0.132. The Hall–Kier alpha value is -2.83. The van der Waals surface area contributed by atoms with Crippen molar-refractivity contribution in [2.75, 3.05) is 31.6 Å². The highest BCUT2D eigenvalue weighted by molar-refractivity contribution is 7.89. The first kappa shape index (κ1) is 20.9. The van der Waals surface area contributed by atoms with Crippen molar-refractivity contribution in [3.63, 3.8) is 0 Å². The predicted molar refractivity (Wildman–Crippen MR) is 103 cm³/mol. The normalized spacial score (nSPS) is 16.3. The van der Waals surface area contributed by atoms with Crippen molar-refractivity contribution in [1.82, 2.24) is 14.1 Å². The summed E-state index contributed by atoms with van der Waals surface area (Å²) in [5, 5.41) is 17.4. The molecule has 1 N–H and O–H groups in total. The van der Waals surface area contributed by atoms with E-state index in [-0.39, 0.29) is 10.6 Å². The maximum Gasteiger partial charge on any atom is 0.307 e. The quantitative estimate of drug-likeness (QED) is 0.525. The minimum atomic E-state index is -3.61. The van der Waals surface area contributed by atoms with Crippen LogP contribution >= 0.6 is 0 Å². The summed E-state index contributed by atoms with van der Waals surface area (Å²) < 4.78 is 33.1. The molecule has 3 rings (SSSR count). The van der Waals surface area contributed by atoms with E-state index in [9.17, 15) is 23.3 Å². The second-order valence-corrected chi connectivity index (χ2v) is 8.33. The molecule has 1 aliphatic heterocycles. The standard InChI is InChI=1S/C17H21N5O6S/c1-2-16(21-12-14(11-18-21)22(24)25)17(23)19-13-3-5-15(6-4-13)29(26,27)20-7-9-28-10-8-20/h3-6,11-12,16H,2,7-10H2,1H3,(H,19,23). The van der Waals surface area contributed by atoms with Crippen molar-refractivity contribution in [1.29, 1.82) is 0 Å². The number of nitrogens with zero attached hydrogens (tertiary/aromatic N) is 4. The van der Waals surface area contributed by atoms with E-state index in [1.807, 2.05) is 0 Å². The number of carbonyl (C=O) groups excluding carboxylic acids is 1. The van der Waals surface area contributed by atoms with Gasteiger partial charge in [-0.3, -0.25) is 19.6 Å². The van der Waals surface area contributed by atoms with Crippen molar-refractivity contribution < 1.29 is 22.9 Å². The number of nitrogens with one attached hydrogen (secondary N) is 1. The number of benzene rings is 1. The van der Waals surface area contributed by atoms with Gasteiger partial charge >= 0.3 is 5.69 Å². The average molecular weight is 423 g/mol. The zero-order valence-electron chi connectivity index (χ0n) is 15.7. The monoisotopic (exact) mass is 423 g/mol. The number of hydrogen-bond acceptors (Lipinski definition) is 7. The highest BCUT2D eigenvalue weighted by atomic mass is 32.2. The van der Waals surface area contributed by atoms with E-state index in [1.165, 1.54) is 39.4 Å². The van der Waals surface area contributed by atoms with Crippen LogP contribution in [0.3, 0.4) is 0 Å². The number of rotatable bonds is 7. The van der Waals surface area contributed by atoms with Crippen LogP contribution in [0.1, 0.15) is 19.4 Å². The number of carbonyl (C=O) groups is 1. The number of hydrogen-bond donors (Lipinski definition) is 1. The van der Waals surface area contributed by atoms with Crippen LogP contribution in [0, 0.1) is 10.1 Å². The minimum Gasteiger partial charge on any atom is -0.379 e. The van der Waals surface area contributed by atoms with Crippen LogP contribution in [0.4, 0.5) is 11.4 Å². The second kappa shape index (κ2) is 8.68. The number of ether oxygens (including phenoxy) is 1. The zero-order valence-corrected chi connectivity index (χ0v) is 16.5.